The van der Waals surface area contributed by atoms with Crippen molar-refractivity contribution < 1.29 is 9.13 Å². The van der Waals surface area contributed by atoms with E-state index in [1.54, 1.807) is 43.3 Å². The molecule has 0 radical (unpaired) electrons. The largest absolute Gasteiger partial charge is 0.456 e. The Morgan fingerprint density at radius 3 is 2.53 bits per heavy atom. The minimum atomic E-state index is -0.495. The van der Waals surface area contributed by atoms with Crippen LogP contribution >= 0.6 is 0 Å². The van der Waals surface area contributed by atoms with Crippen molar-refractivity contribution in [3.63, 3.8) is 0 Å². The summed E-state index contributed by atoms with van der Waals surface area (Å²) in [5, 5.41) is 9.00. The Kier molecular flexibility index (Phi) is 3.79. The molecule has 0 spiro atoms. The maximum Gasteiger partial charge on any atom is 0.145 e. The summed E-state index contributed by atoms with van der Waals surface area (Å²) in [6.45, 7) is 1.68. The number of hydrogen-bond donors (Lipinski definition) is 1. The minimum absolute atomic E-state index is 0.301. The van der Waals surface area contributed by atoms with Gasteiger partial charge in [0.2, 0.25) is 0 Å². The average Bonchev–Trinajstić information content (AvgIpc) is 2.39. The van der Waals surface area contributed by atoms with E-state index in [1.807, 2.05) is 6.07 Å². The summed E-state index contributed by atoms with van der Waals surface area (Å²) in [6.07, 6.45) is 0. The van der Waals surface area contributed by atoms with Crippen molar-refractivity contribution in [1.82, 2.24) is 0 Å². The second kappa shape index (κ2) is 5.51. The van der Waals surface area contributed by atoms with Crippen molar-refractivity contribution in [3.8, 4) is 17.6 Å². The minimum Gasteiger partial charge on any atom is -0.456 e. The van der Waals surface area contributed by atoms with Crippen LogP contribution in [0.2, 0.25) is 0 Å². The zero-order chi connectivity index (χ0) is 13.8. The van der Waals surface area contributed by atoms with Crippen LogP contribution in [0.25, 0.3) is 0 Å². The van der Waals surface area contributed by atoms with E-state index in [2.05, 4.69) is 0 Å². The Morgan fingerprint density at radius 1 is 1.16 bits per heavy atom. The van der Waals surface area contributed by atoms with Crippen LogP contribution < -0.4 is 10.5 Å². The Bertz CT molecular complexity index is 632. The van der Waals surface area contributed by atoms with E-state index < -0.39 is 11.9 Å². The molecular weight excluding hydrogens is 243 g/mol. The highest BCUT2D eigenvalue weighted by Gasteiger charge is 2.15. The van der Waals surface area contributed by atoms with E-state index >= 15 is 0 Å². The smallest absolute Gasteiger partial charge is 0.145 e. The number of nitrogens with two attached hydrogens (primary N) is 1. The van der Waals surface area contributed by atoms with E-state index in [0.717, 1.165) is 0 Å². The highest BCUT2D eigenvalue weighted by atomic mass is 19.1. The van der Waals surface area contributed by atoms with Gasteiger partial charge < -0.3 is 10.5 Å². The van der Waals surface area contributed by atoms with Gasteiger partial charge in [-0.2, -0.15) is 5.26 Å². The number of para-hydroxylation sites is 1. The summed E-state index contributed by atoms with van der Waals surface area (Å²) in [5.74, 6) is 0.303. The molecule has 2 aromatic carbocycles. The lowest BCUT2D eigenvalue weighted by atomic mass is 10.1. The molecule has 0 aliphatic carbocycles. The first-order chi connectivity index (χ1) is 9.13. The zero-order valence-corrected chi connectivity index (χ0v) is 10.4. The van der Waals surface area contributed by atoms with Gasteiger partial charge in [0.1, 0.15) is 23.4 Å². The van der Waals surface area contributed by atoms with Crippen LogP contribution in [-0.2, 0) is 0 Å². The molecule has 0 saturated heterocycles. The van der Waals surface area contributed by atoms with Gasteiger partial charge in [-0.25, -0.2) is 4.39 Å². The van der Waals surface area contributed by atoms with Gasteiger partial charge in [0, 0.05) is 11.6 Å². The number of hydrogen-bond acceptors (Lipinski definition) is 3. The average molecular weight is 256 g/mol. The lowest BCUT2D eigenvalue weighted by Gasteiger charge is -2.15. The molecule has 96 valence electrons. The molecule has 0 saturated carbocycles. The number of benzene rings is 2. The molecule has 0 amide bonds. The molecule has 0 bridgehead atoms. The van der Waals surface area contributed by atoms with Gasteiger partial charge in [-0.05, 0) is 31.2 Å². The van der Waals surface area contributed by atoms with Crippen molar-refractivity contribution in [3.05, 3.63) is 59.4 Å². The maximum absolute atomic E-state index is 13.8. The molecular formula is C15H13FN2O. The SMILES string of the molecule is CC(N)c1c(F)cccc1Oc1ccccc1C#N. The van der Waals surface area contributed by atoms with Crippen LogP contribution in [0, 0.1) is 17.1 Å². The molecule has 2 aromatic rings. The summed E-state index contributed by atoms with van der Waals surface area (Å²) in [4.78, 5) is 0. The summed E-state index contributed by atoms with van der Waals surface area (Å²) >= 11 is 0. The molecule has 2 rings (SSSR count). The van der Waals surface area contributed by atoms with E-state index in [1.165, 1.54) is 6.07 Å². The molecule has 0 aliphatic rings. The molecule has 2 N–H and O–H groups in total. The first-order valence-corrected chi connectivity index (χ1v) is 5.84. The summed E-state index contributed by atoms with van der Waals surface area (Å²) in [7, 11) is 0. The molecule has 1 atom stereocenters. The van der Waals surface area contributed by atoms with Crippen LogP contribution in [0.5, 0.6) is 11.5 Å². The van der Waals surface area contributed by atoms with Crippen molar-refractivity contribution in [1.29, 1.82) is 5.26 Å². The monoisotopic (exact) mass is 256 g/mol. The van der Waals surface area contributed by atoms with Crippen LogP contribution in [0.1, 0.15) is 24.1 Å². The normalized spacial score (nSPS) is 11.7. The van der Waals surface area contributed by atoms with Crippen LogP contribution in [0.3, 0.4) is 0 Å². The zero-order valence-electron chi connectivity index (χ0n) is 10.4. The van der Waals surface area contributed by atoms with Gasteiger partial charge in [-0.1, -0.05) is 18.2 Å². The van der Waals surface area contributed by atoms with Gasteiger partial charge in [0.15, 0.2) is 0 Å². The molecule has 0 heterocycles. The van der Waals surface area contributed by atoms with Gasteiger partial charge in [0.05, 0.1) is 5.56 Å². The number of nitriles is 1. The standard InChI is InChI=1S/C15H13FN2O/c1-10(18)15-12(16)6-4-8-14(15)19-13-7-3-2-5-11(13)9-17/h2-8,10H,18H2,1H3. The third-order valence-electron chi connectivity index (χ3n) is 2.70. The van der Waals surface area contributed by atoms with Crippen molar-refractivity contribution >= 4 is 0 Å². The van der Waals surface area contributed by atoms with E-state index in [9.17, 15) is 4.39 Å². The molecule has 4 heteroatoms. The molecule has 0 aromatic heterocycles. The fraction of sp³-hybridized carbons (Fsp3) is 0.133. The Hall–Kier alpha value is -2.38. The highest BCUT2D eigenvalue weighted by molar-refractivity contribution is 5.47. The van der Waals surface area contributed by atoms with Crippen LogP contribution in [0.15, 0.2) is 42.5 Å². The first kappa shape index (κ1) is 13.1. The third-order valence-corrected chi connectivity index (χ3v) is 2.70. The third kappa shape index (κ3) is 2.72. The molecule has 0 fully saturated rings. The predicted molar refractivity (Wildman–Crippen MR) is 70.2 cm³/mol. The predicted octanol–water partition coefficient (Wildman–Crippen LogP) is 3.51. The maximum atomic E-state index is 13.8. The van der Waals surface area contributed by atoms with Gasteiger partial charge in [0.25, 0.3) is 0 Å². The second-order valence-corrected chi connectivity index (χ2v) is 4.15. The Labute approximate surface area is 111 Å². The molecule has 0 aliphatic heterocycles. The van der Waals surface area contributed by atoms with E-state index in [4.69, 9.17) is 15.7 Å². The number of nitrogens with zero attached hydrogens (tertiary/aromatic N) is 1. The Morgan fingerprint density at radius 2 is 1.84 bits per heavy atom. The van der Waals surface area contributed by atoms with Crippen LogP contribution in [-0.4, -0.2) is 0 Å². The van der Waals surface area contributed by atoms with E-state index in [-0.39, 0.29) is 0 Å². The molecule has 3 nitrogen and oxygen atoms in total. The quantitative estimate of drug-likeness (QED) is 0.914. The van der Waals surface area contributed by atoms with Gasteiger partial charge in [-0.3, -0.25) is 0 Å². The Balaban J connectivity index is 2.45. The van der Waals surface area contributed by atoms with Crippen molar-refractivity contribution in [2.75, 3.05) is 0 Å². The van der Waals surface area contributed by atoms with Gasteiger partial charge in [-0.15, -0.1) is 0 Å². The number of halogens is 1. The fourth-order valence-electron chi connectivity index (χ4n) is 1.81. The van der Waals surface area contributed by atoms with Gasteiger partial charge >= 0.3 is 0 Å². The first-order valence-electron chi connectivity index (χ1n) is 5.84. The lowest BCUT2D eigenvalue weighted by Crippen LogP contribution is -2.09. The second-order valence-electron chi connectivity index (χ2n) is 4.15. The summed E-state index contributed by atoms with van der Waals surface area (Å²) in [6, 6.07) is 12.8. The molecule has 1 unspecified atom stereocenters. The fourth-order valence-corrected chi connectivity index (χ4v) is 1.81. The molecule has 19 heavy (non-hydrogen) atoms. The van der Waals surface area contributed by atoms with Crippen molar-refractivity contribution in [2.45, 2.75) is 13.0 Å². The topological polar surface area (TPSA) is 59.0 Å². The highest BCUT2D eigenvalue weighted by Crippen LogP contribution is 2.32. The van der Waals surface area contributed by atoms with Crippen molar-refractivity contribution in [2.24, 2.45) is 5.73 Å². The number of rotatable bonds is 3. The summed E-state index contributed by atoms with van der Waals surface area (Å²) in [5.41, 5.74) is 6.45. The number of ether oxygens (including phenoxy) is 1. The van der Waals surface area contributed by atoms with E-state index in [0.29, 0.717) is 22.6 Å². The summed E-state index contributed by atoms with van der Waals surface area (Å²) < 4.78 is 19.4. The lowest BCUT2D eigenvalue weighted by molar-refractivity contribution is 0.459. The van der Waals surface area contributed by atoms with Crippen LogP contribution in [0.4, 0.5) is 4.39 Å².